The minimum absolute atomic E-state index is 0. The second kappa shape index (κ2) is 11.9. The molecular formula is C17H28Cl3N3O2. The van der Waals surface area contributed by atoms with Crippen LogP contribution in [0.4, 0.5) is 0 Å². The van der Waals surface area contributed by atoms with Crippen LogP contribution in [-0.2, 0) is 9.53 Å². The first-order chi connectivity index (χ1) is 11.0. The highest BCUT2D eigenvalue weighted by Gasteiger charge is 2.26. The Morgan fingerprint density at radius 3 is 2.44 bits per heavy atom. The van der Waals surface area contributed by atoms with Gasteiger partial charge in [-0.3, -0.25) is 9.69 Å². The van der Waals surface area contributed by atoms with Crippen molar-refractivity contribution in [3.05, 3.63) is 34.9 Å². The third-order valence-corrected chi connectivity index (χ3v) is 4.77. The number of carbonyl (C=O) groups excluding carboxylic acids is 1. The maximum Gasteiger partial charge on any atom is 0.224 e. The van der Waals surface area contributed by atoms with Gasteiger partial charge >= 0.3 is 0 Å². The van der Waals surface area contributed by atoms with E-state index in [0.29, 0.717) is 19.8 Å². The molecule has 0 spiro atoms. The minimum Gasteiger partial charge on any atom is -0.379 e. The predicted molar refractivity (Wildman–Crippen MR) is 107 cm³/mol. The molecule has 1 aromatic carbocycles. The molecule has 5 nitrogen and oxygen atoms in total. The molecule has 2 rings (SSSR count). The normalized spacial score (nSPS) is 18.2. The second-order valence-corrected chi connectivity index (χ2v) is 6.49. The van der Waals surface area contributed by atoms with E-state index >= 15 is 0 Å². The van der Waals surface area contributed by atoms with E-state index in [2.05, 4.69) is 10.2 Å². The van der Waals surface area contributed by atoms with Gasteiger partial charge in [0.25, 0.3) is 0 Å². The van der Waals surface area contributed by atoms with Crippen LogP contribution in [0.1, 0.15) is 25.5 Å². The van der Waals surface area contributed by atoms with E-state index in [9.17, 15) is 4.79 Å². The molecule has 0 aliphatic carbocycles. The van der Waals surface area contributed by atoms with Gasteiger partial charge in [-0.15, -0.1) is 24.8 Å². The van der Waals surface area contributed by atoms with Gasteiger partial charge in [-0.25, -0.2) is 0 Å². The molecule has 1 amide bonds. The van der Waals surface area contributed by atoms with Crippen LogP contribution < -0.4 is 11.1 Å². The number of nitrogens with two attached hydrogens (primary N) is 1. The van der Waals surface area contributed by atoms with Crippen molar-refractivity contribution >= 4 is 42.3 Å². The lowest BCUT2D eigenvalue weighted by atomic mass is 10.0. The zero-order chi connectivity index (χ0) is 16.8. The molecule has 0 aromatic heterocycles. The van der Waals surface area contributed by atoms with Gasteiger partial charge in [-0.2, -0.15) is 0 Å². The van der Waals surface area contributed by atoms with E-state index in [0.717, 1.165) is 23.7 Å². The van der Waals surface area contributed by atoms with Crippen LogP contribution in [0.3, 0.4) is 0 Å². The summed E-state index contributed by atoms with van der Waals surface area (Å²) in [6.45, 7) is 7.26. The molecule has 25 heavy (non-hydrogen) atoms. The minimum atomic E-state index is -0.216. The molecule has 3 N–H and O–H groups in total. The summed E-state index contributed by atoms with van der Waals surface area (Å²) in [6, 6.07) is 7.66. The number of hydrogen-bond donors (Lipinski definition) is 2. The Morgan fingerprint density at radius 2 is 1.88 bits per heavy atom. The zero-order valence-electron chi connectivity index (χ0n) is 14.6. The topological polar surface area (TPSA) is 67.6 Å². The van der Waals surface area contributed by atoms with Crippen LogP contribution in [0.2, 0.25) is 5.02 Å². The Morgan fingerprint density at radius 1 is 1.28 bits per heavy atom. The van der Waals surface area contributed by atoms with Crippen LogP contribution in [-0.4, -0.2) is 49.7 Å². The number of carbonyl (C=O) groups is 1. The second-order valence-electron chi connectivity index (χ2n) is 6.08. The first-order valence-corrected chi connectivity index (χ1v) is 8.48. The fourth-order valence-electron chi connectivity index (χ4n) is 2.67. The molecule has 1 saturated heterocycles. The predicted octanol–water partition coefficient (Wildman–Crippen LogP) is 2.66. The fraction of sp³-hybridized carbons (Fsp3) is 0.588. The molecule has 3 unspecified atom stereocenters. The number of nitrogens with one attached hydrogen (secondary N) is 1. The molecule has 144 valence electrons. The molecule has 0 bridgehead atoms. The van der Waals surface area contributed by atoms with Gasteiger partial charge in [0.1, 0.15) is 0 Å². The van der Waals surface area contributed by atoms with Crippen LogP contribution in [0.25, 0.3) is 0 Å². The van der Waals surface area contributed by atoms with Gasteiger partial charge in [0, 0.05) is 36.6 Å². The van der Waals surface area contributed by atoms with E-state index < -0.39 is 0 Å². The molecule has 1 heterocycles. The van der Waals surface area contributed by atoms with Crippen LogP contribution in [0, 0.1) is 5.92 Å². The molecule has 0 radical (unpaired) electrons. The third-order valence-electron chi connectivity index (χ3n) is 4.42. The van der Waals surface area contributed by atoms with E-state index in [1.807, 2.05) is 38.1 Å². The van der Waals surface area contributed by atoms with Crippen molar-refractivity contribution in [1.29, 1.82) is 0 Å². The number of morpholine rings is 1. The molecular weight excluding hydrogens is 385 g/mol. The summed E-state index contributed by atoms with van der Waals surface area (Å²) in [5.41, 5.74) is 6.84. The maximum atomic E-state index is 12.2. The van der Waals surface area contributed by atoms with Crippen LogP contribution >= 0.6 is 36.4 Å². The molecule has 1 aliphatic rings. The summed E-state index contributed by atoms with van der Waals surface area (Å²) in [4.78, 5) is 14.5. The number of nitrogens with zero attached hydrogens (tertiary/aromatic N) is 1. The number of ether oxygens (including phenoxy) is 1. The van der Waals surface area contributed by atoms with Gasteiger partial charge in [0.15, 0.2) is 0 Å². The number of benzene rings is 1. The first kappa shape index (κ1) is 24.4. The Labute approximate surface area is 167 Å². The molecule has 8 heteroatoms. The van der Waals surface area contributed by atoms with Crippen molar-refractivity contribution in [3.63, 3.8) is 0 Å². The van der Waals surface area contributed by atoms with E-state index in [4.69, 9.17) is 22.1 Å². The molecule has 0 saturated carbocycles. The molecule has 1 fully saturated rings. The average Bonchev–Trinajstić information content (AvgIpc) is 2.56. The molecule has 1 aromatic rings. The monoisotopic (exact) mass is 411 g/mol. The van der Waals surface area contributed by atoms with Crippen molar-refractivity contribution in [2.75, 3.05) is 32.8 Å². The van der Waals surface area contributed by atoms with Crippen molar-refractivity contribution < 1.29 is 9.53 Å². The number of hydrogen-bond acceptors (Lipinski definition) is 4. The summed E-state index contributed by atoms with van der Waals surface area (Å²) in [5.74, 6) is -0.239. The smallest absolute Gasteiger partial charge is 0.224 e. The third kappa shape index (κ3) is 6.93. The van der Waals surface area contributed by atoms with Crippen LogP contribution in [0.15, 0.2) is 24.3 Å². The van der Waals surface area contributed by atoms with Crippen LogP contribution in [0.5, 0.6) is 0 Å². The van der Waals surface area contributed by atoms with Crippen molar-refractivity contribution in [2.24, 2.45) is 11.7 Å². The quantitative estimate of drug-likeness (QED) is 0.754. The van der Waals surface area contributed by atoms with Gasteiger partial charge in [-0.1, -0.05) is 36.7 Å². The lowest BCUT2D eigenvalue weighted by molar-refractivity contribution is -0.125. The highest BCUT2D eigenvalue weighted by atomic mass is 35.5. The Hall–Kier alpha value is -0.560. The SMILES string of the molecule is CC(N)C(C)C(=O)NCC(c1ccccc1Cl)N1CCOCC1.Cl.Cl. The summed E-state index contributed by atoms with van der Waals surface area (Å²) in [6.07, 6.45) is 0. The number of amides is 1. The molecule has 1 aliphatic heterocycles. The lowest BCUT2D eigenvalue weighted by Crippen LogP contribution is -2.46. The summed E-state index contributed by atoms with van der Waals surface area (Å²) < 4.78 is 5.43. The Bertz CT molecular complexity index is 526. The fourth-order valence-corrected chi connectivity index (χ4v) is 2.93. The number of halogens is 3. The largest absolute Gasteiger partial charge is 0.379 e. The van der Waals surface area contributed by atoms with E-state index in [-0.39, 0.29) is 48.7 Å². The van der Waals surface area contributed by atoms with Gasteiger partial charge in [-0.05, 0) is 18.6 Å². The van der Waals surface area contributed by atoms with Crippen molar-refractivity contribution in [3.8, 4) is 0 Å². The molecule has 3 atom stereocenters. The summed E-state index contributed by atoms with van der Waals surface area (Å²) in [7, 11) is 0. The maximum absolute atomic E-state index is 12.2. The van der Waals surface area contributed by atoms with Gasteiger partial charge < -0.3 is 15.8 Å². The van der Waals surface area contributed by atoms with E-state index in [1.54, 1.807) is 0 Å². The van der Waals surface area contributed by atoms with Crippen molar-refractivity contribution in [1.82, 2.24) is 10.2 Å². The lowest BCUT2D eigenvalue weighted by Gasteiger charge is -2.35. The van der Waals surface area contributed by atoms with Crippen molar-refractivity contribution in [2.45, 2.75) is 25.9 Å². The average molecular weight is 413 g/mol. The van der Waals surface area contributed by atoms with E-state index in [1.165, 1.54) is 0 Å². The standard InChI is InChI=1S/C17H26ClN3O2.2ClH/c1-12(13(2)19)17(22)20-11-16(21-7-9-23-10-8-21)14-5-3-4-6-15(14)18;;/h3-6,12-13,16H,7-11,19H2,1-2H3,(H,20,22);2*1H. The first-order valence-electron chi connectivity index (χ1n) is 8.10. The van der Waals surface area contributed by atoms with Gasteiger partial charge in [0.05, 0.1) is 19.3 Å². The zero-order valence-corrected chi connectivity index (χ0v) is 17.0. The highest BCUT2D eigenvalue weighted by molar-refractivity contribution is 6.31. The highest BCUT2D eigenvalue weighted by Crippen LogP contribution is 2.27. The number of rotatable bonds is 6. The Kier molecular flexibility index (Phi) is 11.7. The summed E-state index contributed by atoms with van der Waals surface area (Å²) in [5, 5.41) is 3.75. The van der Waals surface area contributed by atoms with Gasteiger partial charge in [0.2, 0.25) is 5.91 Å². The summed E-state index contributed by atoms with van der Waals surface area (Å²) >= 11 is 6.38. The Balaban J connectivity index is 0.00000288.